The fourth-order valence-electron chi connectivity index (χ4n) is 2.43. The molecular weight excluding hydrogens is 256 g/mol. The van der Waals surface area contributed by atoms with Crippen LogP contribution in [0.5, 0.6) is 0 Å². The zero-order valence-corrected chi connectivity index (χ0v) is 11.2. The Morgan fingerprint density at radius 2 is 2.13 bits per heavy atom. The predicted octanol–water partition coefficient (Wildman–Crippen LogP) is 3.16. The van der Waals surface area contributed by atoms with Gasteiger partial charge in [-0.25, -0.2) is 0 Å². The smallest absolute Gasteiger partial charge is 0.0857 e. The summed E-state index contributed by atoms with van der Waals surface area (Å²) in [4.78, 5) is 0. The number of hydrogen-bond donors (Lipinski definition) is 0. The third-order valence-electron chi connectivity index (χ3n) is 2.92. The van der Waals surface area contributed by atoms with Crippen LogP contribution in [-0.2, 0) is 4.74 Å². The molecule has 2 heterocycles. The van der Waals surface area contributed by atoms with Crippen molar-refractivity contribution in [2.75, 3.05) is 0 Å². The summed E-state index contributed by atoms with van der Waals surface area (Å²) in [6.07, 6.45) is 4.83. The molecule has 0 N–H and O–H groups in total. The molecule has 2 rings (SSSR count). The summed E-state index contributed by atoms with van der Waals surface area (Å²) >= 11 is 3.42. The average Bonchev–Trinajstić information content (AvgIpc) is 2.52. The Hall–Kier alpha value is -0.350. The van der Waals surface area contributed by atoms with Crippen LogP contribution in [-0.4, -0.2) is 21.0 Å². The van der Waals surface area contributed by atoms with Crippen molar-refractivity contribution < 1.29 is 4.74 Å². The Balaban J connectivity index is 2.30. The maximum Gasteiger partial charge on any atom is 0.0857 e. The zero-order chi connectivity index (χ0) is 11.3. The van der Waals surface area contributed by atoms with Gasteiger partial charge in [0, 0.05) is 12.6 Å². The van der Waals surface area contributed by atoms with Crippen LogP contribution in [0.1, 0.15) is 40.2 Å². The topological polar surface area (TPSA) is 27.1 Å². The lowest BCUT2D eigenvalue weighted by Gasteiger charge is -2.27. The van der Waals surface area contributed by atoms with Gasteiger partial charge in [0.2, 0.25) is 0 Å². The van der Waals surface area contributed by atoms with Gasteiger partial charge in [-0.15, -0.1) is 0 Å². The lowest BCUT2D eigenvalue weighted by atomic mass is 9.95. The second-order valence-corrected chi connectivity index (χ2v) is 6.24. The van der Waals surface area contributed by atoms with E-state index in [2.05, 4.69) is 48.7 Å². The molecule has 0 bridgehead atoms. The molecule has 0 spiro atoms. The van der Waals surface area contributed by atoms with Crippen molar-refractivity contribution in [3.05, 3.63) is 16.9 Å². The van der Waals surface area contributed by atoms with Crippen molar-refractivity contribution in [1.29, 1.82) is 0 Å². The SMILES string of the molecule is CC1(C)CC(n2cc(Br)cn2)C(C)(C)O1. The minimum atomic E-state index is -0.158. The summed E-state index contributed by atoms with van der Waals surface area (Å²) in [5.74, 6) is 0. The molecule has 1 aromatic heterocycles. The van der Waals surface area contributed by atoms with Gasteiger partial charge in [-0.1, -0.05) is 0 Å². The lowest BCUT2D eigenvalue weighted by Crippen LogP contribution is -2.31. The molecule has 1 saturated heterocycles. The van der Waals surface area contributed by atoms with Crippen LogP contribution in [0.25, 0.3) is 0 Å². The monoisotopic (exact) mass is 272 g/mol. The Labute approximate surface area is 98.9 Å². The molecule has 4 heteroatoms. The maximum atomic E-state index is 6.04. The van der Waals surface area contributed by atoms with Gasteiger partial charge in [0.1, 0.15) is 0 Å². The Morgan fingerprint density at radius 3 is 2.53 bits per heavy atom. The summed E-state index contributed by atoms with van der Waals surface area (Å²) in [6, 6.07) is 0.304. The molecule has 1 aromatic rings. The van der Waals surface area contributed by atoms with Crippen LogP contribution in [0.15, 0.2) is 16.9 Å². The number of nitrogens with zero attached hydrogens (tertiary/aromatic N) is 2. The van der Waals surface area contributed by atoms with Crippen molar-refractivity contribution >= 4 is 15.9 Å². The molecular formula is C11H17BrN2O. The Kier molecular flexibility index (Phi) is 2.47. The van der Waals surface area contributed by atoms with E-state index in [0.717, 1.165) is 10.9 Å². The Morgan fingerprint density at radius 1 is 1.47 bits per heavy atom. The first-order chi connectivity index (χ1) is 6.80. The summed E-state index contributed by atoms with van der Waals surface area (Å²) < 4.78 is 9.05. The fourth-order valence-corrected chi connectivity index (χ4v) is 2.73. The quantitative estimate of drug-likeness (QED) is 0.785. The highest BCUT2D eigenvalue weighted by molar-refractivity contribution is 9.10. The summed E-state index contributed by atoms with van der Waals surface area (Å²) in [5.41, 5.74) is -0.221. The number of halogens is 1. The molecule has 0 saturated carbocycles. The predicted molar refractivity (Wildman–Crippen MR) is 62.8 cm³/mol. The molecule has 0 amide bonds. The van der Waals surface area contributed by atoms with E-state index in [1.165, 1.54) is 0 Å². The second kappa shape index (κ2) is 3.32. The number of ether oxygens (including phenoxy) is 1. The van der Waals surface area contributed by atoms with Crippen LogP contribution >= 0.6 is 15.9 Å². The molecule has 0 aromatic carbocycles. The van der Waals surface area contributed by atoms with Gasteiger partial charge >= 0.3 is 0 Å². The van der Waals surface area contributed by atoms with Crippen LogP contribution in [0.3, 0.4) is 0 Å². The van der Waals surface area contributed by atoms with Crippen molar-refractivity contribution in [1.82, 2.24) is 9.78 Å². The van der Waals surface area contributed by atoms with Gasteiger partial charge in [0.25, 0.3) is 0 Å². The molecule has 0 radical (unpaired) electrons. The molecule has 1 aliphatic heterocycles. The van der Waals surface area contributed by atoms with Crippen LogP contribution in [0.2, 0.25) is 0 Å². The van der Waals surface area contributed by atoms with Gasteiger partial charge in [-0.2, -0.15) is 5.10 Å². The molecule has 1 atom stereocenters. The molecule has 84 valence electrons. The fraction of sp³-hybridized carbons (Fsp3) is 0.727. The zero-order valence-electron chi connectivity index (χ0n) is 9.62. The van der Waals surface area contributed by atoms with E-state index in [4.69, 9.17) is 4.74 Å². The average molecular weight is 273 g/mol. The van der Waals surface area contributed by atoms with Gasteiger partial charge in [-0.3, -0.25) is 4.68 Å². The van der Waals surface area contributed by atoms with E-state index in [1.54, 1.807) is 0 Å². The summed E-state index contributed by atoms with van der Waals surface area (Å²) in [7, 11) is 0. The van der Waals surface area contributed by atoms with Crippen LogP contribution in [0, 0.1) is 0 Å². The highest BCUT2D eigenvalue weighted by atomic mass is 79.9. The van der Waals surface area contributed by atoms with Gasteiger partial charge in [0.05, 0.1) is 27.9 Å². The van der Waals surface area contributed by atoms with Crippen molar-refractivity contribution in [3.8, 4) is 0 Å². The lowest BCUT2D eigenvalue weighted by molar-refractivity contribution is -0.0737. The van der Waals surface area contributed by atoms with E-state index in [-0.39, 0.29) is 11.2 Å². The van der Waals surface area contributed by atoms with E-state index in [1.807, 2.05) is 17.1 Å². The van der Waals surface area contributed by atoms with Crippen molar-refractivity contribution in [3.63, 3.8) is 0 Å². The largest absolute Gasteiger partial charge is 0.367 e. The number of rotatable bonds is 1. The highest BCUT2D eigenvalue weighted by Gasteiger charge is 2.47. The van der Waals surface area contributed by atoms with Crippen molar-refractivity contribution in [2.45, 2.75) is 51.4 Å². The first-order valence-corrected chi connectivity index (χ1v) is 5.99. The molecule has 1 aliphatic rings. The summed E-state index contributed by atoms with van der Waals surface area (Å²) in [6.45, 7) is 8.52. The van der Waals surface area contributed by atoms with Crippen molar-refractivity contribution in [2.24, 2.45) is 0 Å². The van der Waals surface area contributed by atoms with E-state index < -0.39 is 0 Å². The van der Waals surface area contributed by atoms with Crippen LogP contribution in [0.4, 0.5) is 0 Å². The standard InChI is InChI=1S/C11H17BrN2O/c1-10(2)5-9(11(3,4)15-10)14-7-8(12)6-13-14/h6-7,9H,5H2,1-4H3. The first kappa shape index (κ1) is 11.1. The van der Waals surface area contributed by atoms with Gasteiger partial charge in [0.15, 0.2) is 0 Å². The van der Waals surface area contributed by atoms with Gasteiger partial charge in [-0.05, 0) is 43.6 Å². The molecule has 1 fully saturated rings. The highest BCUT2D eigenvalue weighted by Crippen LogP contribution is 2.44. The minimum absolute atomic E-state index is 0.0629. The second-order valence-electron chi connectivity index (χ2n) is 5.32. The van der Waals surface area contributed by atoms with E-state index >= 15 is 0 Å². The normalized spacial score (nSPS) is 28.2. The van der Waals surface area contributed by atoms with E-state index in [0.29, 0.717) is 6.04 Å². The number of aromatic nitrogens is 2. The summed E-state index contributed by atoms with van der Waals surface area (Å²) in [5, 5.41) is 4.35. The van der Waals surface area contributed by atoms with Gasteiger partial charge < -0.3 is 4.74 Å². The molecule has 15 heavy (non-hydrogen) atoms. The third-order valence-corrected chi connectivity index (χ3v) is 3.33. The van der Waals surface area contributed by atoms with Crippen LogP contribution < -0.4 is 0 Å². The molecule has 0 aliphatic carbocycles. The third kappa shape index (κ3) is 2.11. The Bertz CT molecular complexity index is 370. The molecule has 3 nitrogen and oxygen atoms in total. The number of hydrogen-bond acceptors (Lipinski definition) is 2. The first-order valence-electron chi connectivity index (χ1n) is 5.20. The minimum Gasteiger partial charge on any atom is -0.367 e. The van der Waals surface area contributed by atoms with E-state index in [9.17, 15) is 0 Å². The maximum absolute atomic E-state index is 6.04. The molecule has 1 unspecified atom stereocenters.